The summed E-state index contributed by atoms with van der Waals surface area (Å²) in [6.07, 6.45) is 1.86. The maximum absolute atomic E-state index is 12.1. The minimum atomic E-state index is 0.125. The predicted molar refractivity (Wildman–Crippen MR) is 84.9 cm³/mol. The number of aryl methyl sites for hydroxylation is 2. The predicted octanol–water partition coefficient (Wildman–Crippen LogP) is 2.59. The lowest BCUT2D eigenvalue weighted by molar-refractivity contribution is -0.129. The second-order valence-electron chi connectivity index (χ2n) is 5.63. The van der Waals surface area contributed by atoms with Gasteiger partial charge in [-0.1, -0.05) is 19.0 Å². The second kappa shape index (κ2) is 7.49. The fraction of sp³-hybridized carbons (Fsp3) is 0.600. The highest BCUT2D eigenvalue weighted by Gasteiger charge is 2.14. The van der Waals surface area contributed by atoms with Crippen molar-refractivity contribution in [2.45, 2.75) is 46.0 Å². The van der Waals surface area contributed by atoms with Crippen LogP contribution in [0.5, 0.6) is 0 Å². The summed E-state index contributed by atoms with van der Waals surface area (Å²) in [5, 5.41) is 3.94. The van der Waals surface area contributed by atoms with E-state index in [4.69, 9.17) is 4.52 Å². The van der Waals surface area contributed by atoms with E-state index in [0.717, 1.165) is 12.1 Å². The van der Waals surface area contributed by atoms with Gasteiger partial charge in [0.05, 0.1) is 11.2 Å². The summed E-state index contributed by atoms with van der Waals surface area (Å²) in [5.74, 6) is 1.65. The van der Waals surface area contributed by atoms with E-state index in [-0.39, 0.29) is 11.8 Å². The van der Waals surface area contributed by atoms with E-state index in [2.05, 4.69) is 15.1 Å². The molecule has 2 aromatic rings. The van der Waals surface area contributed by atoms with Gasteiger partial charge in [0.15, 0.2) is 5.82 Å². The Kier molecular flexibility index (Phi) is 5.65. The number of rotatable bonds is 7. The van der Waals surface area contributed by atoms with Crippen molar-refractivity contribution in [1.82, 2.24) is 20.0 Å². The Morgan fingerprint density at radius 2 is 2.18 bits per heavy atom. The van der Waals surface area contributed by atoms with E-state index in [0.29, 0.717) is 31.1 Å². The third kappa shape index (κ3) is 4.37. The molecule has 0 saturated heterocycles. The zero-order valence-electron chi connectivity index (χ0n) is 13.5. The SMILES string of the molecule is Cc1ncsc1CCC(=O)N(C)CCc1noc(C(C)C)n1. The molecule has 0 aliphatic rings. The Balaban J connectivity index is 1.77. The Hall–Kier alpha value is -1.76. The topological polar surface area (TPSA) is 72.1 Å². The number of carbonyl (C=O) groups is 1. The third-order valence-corrected chi connectivity index (χ3v) is 4.48. The molecule has 2 aromatic heterocycles. The number of carbonyl (C=O) groups excluding carboxylic acids is 1. The van der Waals surface area contributed by atoms with Crippen molar-refractivity contribution in [3.8, 4) is 0 Å². The molecular formula is C15H22N4O2S. The molecule has 0 aromatic carbocycles. The summed E-state index contributed by atoms with van der Waals surface area (Å²) >= 11 is 1.60. The lowest BCUT2D eigenvalue weighted by atomic mass is 10.2. The molecule has 0 spiro atoms. The first kappa shape index (κ1) is 16.6. The minimum Gasteiger partial charge on any atom is -0.345 e. The van der Waals surface area contributed by atoms with E-state index in [1.165, 1.54) is 4.88 Å². The van der Waals surface area contributed by atoms with Crippen LogP contribution in [0.15, 0.2) is 10.0 Å². The molecule has 0 N–H and O–H groups in total. The smallest absolute Gasteiger partial charge is 0.229 e. The molecule has 0 radical (unpaired) electrons. The molecule has 6 nitrogen and oxygen atoms in total. The summed E-state index contributed by atoms with van der Waals surface area (Å²) in [7, 11) is 1.81. The zero-order chi connectivity index (χ0) is 16.1. The number of aromatic nitrogens is 3. The molecule has 0 atom stereocenters. The molecule has 0 saturated carbocycles. The van der Waals surface area contributed by atoms with E-state index >= 15 is 0 Å². The Morgan fingerprint density at radius 1 is 1.41 bits per heavy atom. The maximum atomic E-state index is 12.1. The first-order valence-electron chi connectivity index (χ1n) is 7.42. The Bertz CT molecular complexity index is 621. The van der Waals surface area contributed by atoms with Gasteiger partial charge in [-0.25, -0.2) is 4.98 Å². The van der Waals surface area contributed by atoms with Crippen molar-refractivity contribution < 1.29 is 9.32 Å². The van der Waals surface area contributed by atoms with Crippen molar-refractivity contribution in [2.75, 3.05) is 13.6 Å². The maximum Gasteiger partial charge on any atom is 0.229 e. The molecule has 22 heavy (non-hydrogen) atoms. The molecule has 1 amide bonds. The van der Waals surface area contributed by atoms with Crippen LogP contribution in [0, 0.1) is 6.92 Å². The molecule has 120 valence electrons. The third-order valence-electron chi connectivity index (χ3n) is 3.49. The quantitative estimate of drug-likeness (QED) is 0.783. The minimum absolute atomic E-state index is 0.125. The molecule has 0 bridgehead atoms. The van der Waals surface area contributed by atoms with E-state index in [9.17, 15) is 4.79 Å². The van der Waals surface area contributed by atoms with Crippen LogP contribution in [-0.2, 0) is 17.6 Å². The average Bonchev–Trinajstić information content (AvgIpc) is 3.11. The van der Waals surface area contributed by atoms with Gasteiger partial charge in [0.1, 0.15) is 0 Å². The number of thiazole rings is 1. The van der Waals surface area contributed by atoms with Crippen molar-refractivity contribution in [3.05, 3.63) is 27.8 Å². The number of nitrogens with zero attached hydrogens (tertiary/aromatic N) is 4. The van der Waals surface area contributed by atoms with E-state index < -0.39 is 0 Å². The van der Waals surface area contributed by atoms with Crippen LogP contribution in [0.2, 0.25) is 0 Å². The molecule has 0 unspecified atom stereocenters. The summed E-state index contributed by atoms with van der Waals surface area (Å²) in [6.45, 7) is 6.59. The Morgan fingerprint density at radius 3 is 2.77 bits per heavy atom. The highest BCUT2D eigenvalue weighted by atomic mass is 32.1. The Labute approximate surface area is 134 Å². The summed E-state index contributed by atoms with van der Waals surface area (Å²) in [5.41, 5.74) is 2.84. The van der Waals surface area contributed by atoms with Crippen LogP contribution in [0.4, 0.5) is 0 Å². The lowest BCUT2D eigenvalue weighted by Gasteiger charge is -2.15. The standard InChI is InChI=1S/C15H22N4O2S/c1-10(2)15-17-13(18-21-15)7-8-19(4)14(20)6-5-12-11(3)16-9-22-12/h9-10H,5-8H2,1-4H3. The largest absolute Gasteiger partial charge is 0.345 e. The number of hydrogen-bond donors (Lipinski definition) is 0. The molecule has 0 aliphatic carbocycles. The van der Waals surface area contributed by atoms with Crippen LogP contribution < -0.4 is 0 Å². The van der Waals surface area contributed by atoms with Crippen LogP contribution in [-0.4, -0.2) is 39.5 Å². The van der Waals surface area contributed by atoms with Crippen LogP contribution in [0.1, 0.15) is 48.5 Å². The number of amides is 1. The number of likely N-dealkylation sites (N-methyl/N-ethyl adjacent to an activating group) is 1. The van der Waals surface area contributed by atoms with Crippen LogP contribution in [0.25, 0.3) is 0 Å². The van der Waals surface area contributed by atoms with E-state index in [1.807, 2.05) is 33.3 Å². The first-order valence-corrected chi connectivity index (χ1v) is 8.30. The van der Waals surface area contributed by atoms with Crippen molar-refractivity contribution in [3.63, 3.8) is 0 Å². The molecule has 7 heteroatoms. The van der Waals surface area contributed by atoms with Gasteiger partial charge in [0.2, 0.25) is 11.8 Å². The van der Waals surface area contributed by atoms with Gasteiger partial charge in [-0.3, -0.25) is 4.79 Å². The van der Waals surface area contributed by atoms with Gasteiger partial charge in [-0.2, -0.15) is 4.98 Å². The molecule has 0 aliphatic heterocycles. The van der Waals surface area contributed by atoms with E-state index in [1.54, 1.807) is 16.2 Å². The molecule has 2 heterocycles. The molecule has 0 fully saturated rings. The number of hydrogen-bond acceptors (Lipinski definition) is 6. The lowest BCUT2D eigenvalue weighted by Crippen LogP contribution is -2.29. The van der Waals surface area contributed by atoms with Gasteiger partial charge in [0, 0.05) is 37.2 Å². The van der Waals surface area contributed by atoms with Crippen molar-refractivity contribution in [2.24, 2.45) is 0 Å². The summed E-state index contributed by atoms with van der Waals surface area (Å²) in [4.78, 5) is 23.6. The van der Waals surface area contributed by atoms with Crippen molar-refractivity contribution in [1.29, 1.82) is 0 Å². The highest BCUT2D eigenvalue weighted by molar-refractivity contribution is 7.09. The molecule has 2 rings (SSSR count). The second-order valence-corrected chi connectivity index (χ2v) is 6.57. The van der Waals surface area contributed by atoms with Gasteiger partial charge >= 0.3 is 0 Å². The first-order chi connectivity index (χ1) is 10.5. The van der Waals surface area contributed by atoms with Crippen LogP contribution in [0.3, 0.4) is 0 Å². The normalized spacial score (nSPS) is 11.1. The van der Waals surface area contributed by atoms with Crippen molar-refractivity contribution >= 4 is 17.2 Å². The summed E-state index contributed by atoms with van der Waals surface area (Å²) < 4.78 is 5.16. The van der Waals surface area contributed by atoms with Gasteiger partial charge in [0.25, 0.3) is 0 Å². The summed E-state index contributed by atoms with van der Waals surface area (Å²) in [6, 6.07) is 0. The molecular weight excluding hydrogens is 300 g/mol. The average molecular weight is 322 g/mol. The monoisotopic (exact) mass is 322 g/mol. The van der Waals surface area contributed by atoms with Crippen LogP contribution >= 0.6 is 11.3 Å². The zero-order valence-corrected chi connectivity index (χ0v) is 14.3. The van der Waals surface area contributed by atoms with Gasteiger partial charge in [-0.05, 0) is 13.3 Å². The van der Waals surface area contributed by atoms with Gasteiger partial charge < -0.3 is 9.42 Å². The fourth-order valence-electron chi connectivity index (χ4n) is 1.97. The fourth-order valence-corrected chi connectivity index (χ4v) is 2.75. The highest BCUT2D eigenvalue weighted by Crippen LogP contribution is 2.15. The van der Waals surface area contributed by atoms with Gasteiger partial charge in [-0.15, -0.1) is 11.3 Å².